The molecule has 0 aromatic heterocycles. The summed E-state index contributed by atoms with van der Waals surface area (Å²) in [7, 11) is 0. The minimum Gasteiger partial charge on any atom is -0.315 e. The van der Waals surface area contributed by atoms with E-state index in [1.54, 1.807) is 0 Å². The number of Topliss-reactive ketones (excluding diaryl/α,β-unsaturated/α-hetero) is 1. The molecule has 2 nitrogen and oxygen atoms in total. The Hall–Kier alpha value is -1.15. The molecule has 0 spiro atoms. The van der Waals surface area contributed by atoms with Crippen molar-refractivity contribution in [3.05, 3.63) is 34.4 Å². The second-order valence-corrected chi connectivity index (χ2v) is 4.49. The number of aryl methyl sites for hydroxylation is 3. The molecule has 2 rings (SSSR count). The van der Waals surface area contributed by atoms with E-state index in [0.29, 0.717) is 5.78 Å². The highest BCUT2D eigenvalue weighted by atomic mass is 16.1. The van der Waals surface area contributed by atoms with Gasteiger partial charge in [0.05, 0.1) is 0 Å². The second-order valence-electron chi connectivity index (χ2n) is 4.49. The van der Waals surface area contributed by atoms with Gasteiger partial charge in [0.25, 0.3) is 0 Å². The third-order valence-electron chi connectivity index (χ3n) is 3.08. The summed E-state index contributed by atoms with van der Waals surface area (Å²) >= 11 is 0. The molecule has 0 amide bonds. The van der Waals surface area contributed by atoms with Crippen molar-refractivity contribution < 1.29 is 4.79 Å². The molecule has 1 fully saturated rings. The molecular weight excluding hydrogens is 186 g/mol. The van der Waals surface area contributed by atoms with Gasteiger partial charge < -0.3 is 5.32 Å². The van der Waals surface area contributed by atoms with Gasteiger partial charge in [0.1, 0.15) is 0 Å². The maximum atomic E-state index is 12.1. The summed E-state index contributed by atoms with van der Waals surface area (Å²) in [6, 6.07) is 4.18. The van der Waals surface area contributed by atoms with Gasteiger partial charge >= 0.3 is 0 Å². The maximum absolute atomic E-state index is 12.1. The quantitative estimate of drug-likeness (QED) is 0.745. The molecule has 0 radical (unpaired) electrons. The van der Waals surface area contributed by atoms with Gasteiger partial charge in [0, 0.05) is 24.6 Å². The van der Waals surface area contributed by atoms with Gasteiger partial charge in [-0.05, 0) is 31.9 Å². The zero-order valence-electron chi connectivity index (χ0n) is 9.55. The lowest BCUT2D eigenvalue weighted by molar-refractivity contribution is 0.0877. The molecule has 0 aliphatic carbocycles. The first-order chi connectivity index (χ1) is 7.09. The summed E-state index contributed by atoms with van der Waals surface area (Å²) in [6.07, 6.45) is 0. The summed E-state index contributed by atoms with van der Waals surface area (Å²) in [5, 5.41) is 3.14. The Bertz CT molecular complexity index is 382. The van der Waals surface area contributed by atoms with Crippen LogP contribution in [-0.2, 0) is 0 Å². The zero-order chi connectivity index (χ0) is 11.0. The molecule has 80 valence electrons. The Kier molecular flexibility index (Phi) is 2.61. The lowest BCUT2D eigenvalue weighted by Crippen LogP contribution is -2.46. The topological polar surface area (TPSA) is 29.1 Å². The molecule has 0 unspecified atom stereocenters. The van der Waals surface area contributed by atoms with Gasteiger partial charge in [-0.25, -0.2) is 0 Å². The van der Waals surface area contributed by atoms with E-state index in [1.807, 2.05) is 13.8 Å². The minimum atomic E-state index is 0.199. The number of nitrogens with one attached hydrogen (secondary N) is 1. The first kappa shape index (κ1) is 10.4. The van der Waals surface area contributed by atoms with Crippen molar-refractivity contribution in [2.75, 3.05) is 13.1 Å². The van der Waals surface area contributed by atoms with Crippen LogP contribution < -0.4 is 5.32 Å². The Morgan fingerprint density at radius 1 is 1.20 bits per heavy atom. The highest BCUT2D eigenvalue weighted by Gasteiger charge is 2.27. The van der Waals surface area contributed by atoms with E-state index in [-0.39, 0.29) is 5.92 Å². The monoisotopic (exact) mass is 203 g/mol. The van der Waals surface area contributed by atoms with E-state index in [0.717, 1.165) is 29.8 Å². The third-order valence-corrected chi connectivity index (χ3v) is 3.08. The summed E-state index contributed by atoms with van der Waals surface area (Å²) in [5.74, 6) is 0.508. The van der Waals surface area contributed by atoms with E-state index in [4.69, 9.17) is 0 Å². The first-order valence-electron chi connectivity index (χ1n) is 5.42. The van der Waals surface area contributed by atoms with E-state index < -0.39 is 0 Å². The predicted molar refractivity (Wildman–Crippen MR) is 61.3 cm³/mol. The standard InChI is InChI=1S/C13H17NO/c1-8-4-9(2)12(10(3)5-8)13(15)11-6-14-7-11/h4-5,11,14H,6-7H2,1-3H3. The van der Waals surface area contributed by atoms with Gasteiger partial charge in [-0.3, -0.25) is 4.79 Å². The largest absolute Gasteiger partial charge is 0.315 e. The summed E-state index contributed by atoms with van der Waals surface area (Å²) in [5.41, 5.74) is 4.40. The number of hydrogen-bond donors (Lipinski definition) is 1. The van der Waals surface area contributed by atoms with Crippen LogP contribution in [0.25, 0.3) is 0 Å². The van der Waals surface area contributed by atoms with Crippen molar-refractivity contribution in [3.8, 4) is 0 Å². The number of hydrogen-bond acceptors (Lipinski definition) is 2. The molecule has 1 saturated heterocycles. The zero-order valence-corrected chi connectivity index (χ0v) is 9.55. The second kappa shape index (κ2) is 3.78. The fourth-order valence-corrected chi connectivity index (χ4v) is 2.25. The lowest BCUT2D eigenvalue weighted by atomic mass is 9.87. The first-order valence-corrected chi connectivity index (χ1v) is 5.42. The molecule has 1 aromatic carbocycles. The van der Waals surface area contributed by atoms with Crippen LogP contribution in [0, 0.1) is 26.7 Å². The molecule has 1 aromatic rings. The molecule has 1 aliphatic rings. The highest BCUT2D eigenvalue weighted by Crippen LogP contribution is 2.21. The van der Waals surface area contributed by atoms with Crippen molar-refractivity contribution in [1.82, 2.24) is 5.32 Å². The van der Waals surface area contributed by atoms with Gasteiger partial charge in [0.2, 0.25) is 0 Å². The summed E-state index contributed by atoms with van der Waals surface area (Å²) < 4.78 is 0. The van der Waals surface area contributed by atoms with Crippen molar-refractivity contribution in [2.24, 2.45) is 5.92 Å². The molecule has 1 heterocycles. The Morgan fingerprint density at radius 2 is 1.73 bits per heavy atom. The summed E-state index contributed by atoms with van der Waals surface area (Å²) in [6.45, 7) is 7.80. The van der Waals surface area contributed by atoms with E-state index in [9.17, 15) is 4.79 Å². The Balaban J connectivity index is 2.38. The molecule has 1 aliphatic heterocycles. The van der Waals surface area contributed by atoms with Crippen LogP contribution in [0.15, 0.2) is 12.1 Å². The normalized spacial score (nSPS) is 16.2. The number of benzene rings is 1. The Morgan fingerprint density at radius 3 is 2.13 bits per heavy atom. The molecule has 15 heavy (non-hydrogen) atoms. The van der Waals surface area contributed by atoms with Crippen LogP contribution in [-0.4, -0.2) is 18.9 Å². The minimum absolute atomic E-state index is 0.199. The Labute approximate surface area is 90.7 Å². The van der Waals surface area contributed by atoms with Crippen molar-refractivity contribution >= 4 is 5.78 Å². The van der Waals surface area contributed by atoms with Crippen molar-refractivity contribution in [2.45, 2.75) is 20.8 Å². The van der Waals surface area contributed by atoms with Gasteiger partial charge in [-0.15, -0.1) is 0 Å². The summed E-state index contributed by atoms with van der Waals surface area (Å²) in [4.78, 5) is 12.1. The molecule has 1 N–H and O–H groups in total. The van der Waals surface area contributed by atoms with E-state index >= 15 is 0 Å². The average Bonchev–Trinajstić information content (AvgIpc) is 1.97. The van der Waals surface area contributed by atoms with Crippen LogP contribution >= 0.6 is 0 Å². The van der Waals surface area contributed by atoms with Crippen LogP contribution in [0.5, 0.6) is 0 Å². The van der Waals surface area contributed by atoms with Crippen LogP contribution in [0.2, 0.25) is 0 Å². The highest BCUT2D eigenvalue weighted by molar-refractivity contribution is 6.01. The van der Waals surface area contributed by atoms with Crippen LogP contribution in [0.1, 0.15) is 27.0 Å². The van der Waals surface area contributed by atoms with Gasteiger partial charge in [-0.1, -0.05) is 17.7 Å². The smallest absolute Gasteiger partial charge is 0.169 e. The predicted octanol–water partition coefficient (Wildman–Crippen LogP) is 2.01. The third kappa shape index (κ3) is 1.82. The number of carbonyl (C=O) groups excluding carboxylic acids is 1. The SMILES string of the molecule is Cc1cc(C)c(C(=O)C2CNC2)c(C)c1. The number of ketones is 1. The molecule has 0 atom stereocenters. The fourth-order valence-electron chi connectivity index (χ4n) is 2.25. The fraction of sp³-hybridized carbons (Fsp3) is 0.462. The van der Waals surface area contributed by atoms with E-state index in [2.05, 4.69) is 24.4 Å². The van der Waals surface area contributed by atoms with Crippen LogP contribution in [0.4, 0.5) is 0 Å². The van der Waals surface area contributed by atoms with Gasteiger partial charge in [0.15, 0.2) is 5.78 Å². The van der Waals surface area contributed by atoms with Gasteiger partial charge in [-0.2, -0.15) is 0 Å². The van der Waals surface area contributed by atoms with Crippen molar-refractivity contribution in [3.63, 3.8) is 0 Å². The molecule has 0 saturated carbocycles. The molecule has 0 bridgehead atoms. The maximum Gasteiger partial charge on any atom is 0.169 e. The number of carbonyl (C=O) groups is 1. The average molecular weight is 203 g/mol. The molecular formula is C13H17NO. The molecule has 2 heteroatoms. The lowest BCUT2D eigenvalue weighted by Gasteiger charge is -2.27. The van der Waals surface area contributed by atoms with E-state index in [1.165, 1.54) is 5.56 Å². The number of rotatable bonds is 2. The van der Waals surface area contributed by atoms with Crippen LogP contribution in [0.3, 0.4) is 0 Å². The van der Waals surface area contributed by atoms with Crippen molar-refractivity contribution in [1.29, 1.82) is 0 Å².